The number of ether oxygens (including phenoxy) is 1. The number of carbonyl (C=O) groups is 1. The molecule has 0 aliphatic carbocycles. The molecule has 1 aromatic heterocycles. The number of amides is 1. The molecule has 0 unspecified atom stereocenters. The lowest BCUT2D eigenvalue weighted by atomic mass is 10.2. The van der Waals surface area contributed by atoms with Crippen molar-refractivity contribution in [3.63, 3.8) is 0 Å². The summed E-state index contributed by atoms with van der Waals surface area (Å²) in [6, 6.07) is 9.33. The van der Waals surface area contributed by atoms with E-state index in [1.54, 1.807) is 6.07 Å². The number of carbonyl (C=O) groups excluding carboxylic acids is 1. The fourth-order valence-corrected chi connectivity index (χ4v) is 1.81. The molecule has 0 spiro atoms. The molecule has 0 saturated carbocycles. The van der Waals surface area contributed by atoms with Crippen LogP contribution in [-0.4, -0.2) is 12.5 Å². The highest BCUT2D eigenvalue weighted by Crippen LogP contribution is 2.13. The minimum absolute atomic E-state index is 0.176. The van der Waals surface area contributed by atoms with Crippen molar-refractivity contribution in [3.8, 4) is 5.75 Å². The highest BCUT2D eigenvalue weighted by Gasteiger charge is 2.09. The maximum absolute atomic E-state index is 11.9. The van der Waals surface area contributed by atoms with Gasteiger partial charge in [-0.3, -0.25) is 4.79 Å². The van der Waals surface area contributed by atoms with E-state index in [1.807, 2.05) is 24.3 Å². The first-order valence-corrected chi connectivity index (χ1v) is 7.00. The quantitative estimate of drug-likeness (QED) is 0.820. The second-order valence-electron chi connectivity index (χ2n) is 4.68. The Kier molecular flexibility index (Phi) is 5.40. The van der Waals surface area contributed by atoms with Crippen molar-refractivity contribution in [2.45, 2.75) is 26.4 Å². The zero-order chi connectivity index (χ0) is 15.1. The lowest BCUT2D eigenvalue weighted by molar-refractivity contribution is 0.0950. The van der Waals surface area contributed by atoms with Crippen molar-refractivity contribution >= 4 is 5.91 Å². The zero-order valence-electron chi connectivity index (χ0n) is 12.1. The van der Waals surface area contributed by atoms with Gasteiger partial charge in [0, 0.05) is 6.54 Å². The second-order valence-corrected chi connectivity index (χ2v) is 4.68. The van der Waals surface area contributed by atoms with Crippen LogP contribution in [0.1, 0.15) is 35.0 Å². The standard InChI is InChI=1S/C16H20N2O3/c1-2-7-20-14-5-3-12(4-6-14)10-18-16(19)13-8-15(9-17)21-11-13/h3-6,8,11H,2,7,9-10,17H2,1H3,(H,18,19). The maximum Gasteiger partial charge on any atom is 0.254 e. The Hall–Kier alpha value is -2.27. The van der Waals surface area contributed by atoms with Gasteiger partial charge in [-0.25, -0.2) is 0 Å². The van der Waals surface area contributed by atoms with Crippen LogP contribution in [0, 0.1) is 0 Å². The molecule has 1 heterocycles. The smallest absolute Gasteiger partial charge is 0.254 e. The molecule has 21 heavy (non-hydrogen) atoms. The van der Waals surface area contributed by atoms with Crippen LogP contribution in [0.4, 0.5) is 0 Å². The summed E-state index contributed by atoms with van der Waals surface area (Å²) in [6.07, 6.45) is 2.40. The average molecular weight is 288 g/mol. The van der Waals surface area contributed by atoms with Gasteiger partial charge in [0.15, 0.2) is 0 Å². The van der Waals surface area contributed by atoms with Crippen LogP contribution in [0.5, 0.6) is 5.75 Å². The van der Waals surface area contributed by atoms with Crippen LogP contribution < -0.4 is 15.8 Å². The first kappa shape index (κ1) is 15.1. The fraction of sp³-hybridized carbons (Fsp3) is 0.312. The van der Waals surface area contributed by atoms with Gasteiger partial charge < -0.3 is 20.2 Å². The monoisotopic (exact) mass is 288 g/mol. The van der Waals surface area contributed by atoms with Gasteiger partial charge in [-0.1, -0.05) is 19.1 Å². The maximum atomic E-state index is 11.9. The molecule has 1 amide bonds. The third-order valence-corrected chi connectivity index (χ3v) is 2.97. The van der Waals surface area contributed by atoms with Crippen LogP contribution >= 0.6 is 0 Å². The molecule has 2 rings (SSSR count). The Balaban J connectivity index is 1.86. The number of nitrogens with two attached hydrogens (primary N) is 1. The van der Waals surface area contributed by atoms with E-state index in [0.717, 1.165) is 17.7 Å². The Labute approximate surface area is 124 Å². The Morgan fingerprint density at radius 1 is 1.33 bits per heavy atom. The van der Waals surface area contributed by atoms with Crippen molar-refractivity contribution in [1.82, 2.24) is 5.32 Å². The van der Waals surface area contributed by atoms with Gasteiger partial charge in [0.05, 0.1) is 18.7 Å². The van der Waals surface area contributed by atoms with Crippen molar-refractivity contribution < 1.29 is 13.9 Å². The molecule has 2 aromatic rings. The molecular formula is C16H20N2O3. The summed E-state index contributed by atoms with van der Waals surface area (Å²) in [5, 5.41) is 2.83. The molecular weight excluding hydrogens is 268 g/mol. The molecule has 0 aliphatic rings. The van der Waals surface area contributed by atoms with Crippen molar-refractivity contribution in [3.05, 3.63) is 53.5 Å². The normalized spacial score (nSPS) is 10.4. The molecule has 0 atom stereocenters. The Morgan fingerprint density at radius 2 is 2.10 bits per heavy atom. The number of hydrogen-bond acceptors (Lipinski definition) is 4. The Bertz CT molecular complexity index is 575. The molecule has 3 N–H and O–H groups in total. The zero-order valence-corrected chi connectivity index (χ0v) is 12.1. The third kappa shape index (κ3) is 4.36. The first-order valence-electron chi connectivity index (χ1n) is 7.00. The minimum Gasteiger partial charge on any atom is -0.494 e. The highest BCUT2D eigenvalue weighted by molar-refractivity contribution is 5.93. The van der Waals surface area contributed by atoms with Gasteiger partial charge >= 0.3 is 0 Å². The van der Waals surface area contributed by atoms with Crippen LogP contribution in [-0.2, 0) is 13.1 Å². The van der Waals surface area contributed by atoms with Gasteiger partial charge in [-0.05, 0) is 30.2 Å². The van der Waals surface area contributed by atoms with Crippen LogP contribution in [0.3, 0.4) is 0 Å². The summed E-state index contributed by atoms with van der Waals surface area (Å²) in [7, 11) is 0. The summed E-state index contributed by atoms with van der Waals surface area (Å²) in [6.45, 7) is 3.51. The molecule has 5 heteroatoms. The summed E-state index contributed by atoms with van der Waals surface area (Å²) >= 11 is 0. The molecule has 1 aromatic carbocycles. The summed E-state index contributed by atoms with van der Waals surface area (Å²) in [4.78, 5) is 11.9. The third-order valence-electron chi connectivity index (χ3n) is 2.97. The second kappa shape index (κ2) is 7.50. The van der Waals surface area contributed by atoms with Crippen LogP contribution in [0.2, 0.25) is 0 Å². The van der Waals surface area contributed by atoms with Crippen molar-refractivity contribution in [2.24, 2.45) is 5.73 Å². The number of furan rings is 1. The number of rotatable bonds is 7. The molecule has 5 nitrogen and oxygen atoms in total. The number of nitrogens with one attached hydrogen (secondary N) is 1. The molecule has 0 saturated heterocycles. The van der Waals surface area contributed by atoms with E-state index in [4.69, 9.17) is 14.9 Å². The largest absolute Gasteiger partial charge is 0.494 e. The molecule has 0 bridgehead atoms. The average Bonchev–Trinajstić information content (AvgIpc) is 3.00. The van der Waals surface area contributed by atoms with E-state index >= 15 is 0 Å². The van der Waals surface area contributed by atoms with E-state index < -0.39 is 0 Å². The molecule has 112 valence electrons. The predicted molar refractivity (Wildman–Crippen MR) is 80.0 cm³/mol. The number of benzene rings is 1. The first-order chi connectivity index (χ1) is 10.2. The molecule has 0 aliphatic heterocycles. The van der Waals surface area contributed by atoms with Gasteiger partial charge in [-0.2, -0.15) is 0 Å². The van der Waals surface area contributed by atoms with Gasteiger partial charge in [0.25, 0.3) is 5.91 Å². The molecule has 0 radical (unpaired) electrons. The lowest BCUT2D eigenvalue weighted by Crippen LogP contribution is -2.22. The summed E-state index contributed by atoms with van der Waals surface area (Å²) < 4.78 is 10.6. The Morgan fingerprint density at radius 3 is 2.71 bits per heavy atom. The predicted octanol–water partition coefficient (Wildman–Crippen LogP) is 2.46. The SMILES string of the molecule is CCCOc1ccc(CNC(=O)c2coc(CN)c2)cc1. The van der Waals surface area contributed by atoms with E-state index in [9.17, 15) is 4.79 Å². The van der Waals surface area contributed by atoms with E-state index in [0.29, 0.717) is 24.5 Å². The lowest BCUT2D eigenvalue weighted by Gasteiger charge is -2.07. The highest BCUT2D eigenvalue weighted by atomic mass is 16.5. The topological polar surface area (TPSA) is 77.5 Å². The van der Waals surface area contributed by atoms with Gasteiger partial charge in [0.2, 0.25) is 0 Å². The number of hydrogen-bond donors (Lipinski definition) is 2. The summed E-state index contributed by atoms with van der Waals surface area (Å²) in [5.41, 5.74) is 6.93. The van der Waals surface area contributed by atoms with Crippen molar-refractivity contribution in [2.75, 3.05) is 6.61 Å². The fourth-order valence-electron chi connectivity index (χ4n) is 1.81. The van der Waals surface area contributed by atoms with Gasteiger partial charge in [-0.15, -0.1) is 0 Å². The van der Waals surface area contributed by atoms with E-state index in [1.165, 1.54) is 6.26 Å². The van der Waals surface area contributed by atoms with Crippen LogP contribution in [0.25, 0.3) is 0 Å². The summed E-state index contributed by atoms with van der Waals surface area (Å²) in [5.74, 6) is 1.26. The van der Waals surface area contributed by atoms with Crippen LogP contribution in [0.15, 0.2) is 41.0 Å². The van der Waals surface area contributed by atoms with E-state index in [2.05, 4.69) is 12.2 Å². The van der Waals surface area contributed by atoms with E-state index in [-0.39, 0.29) is 12.5 Å². The van der Waals surface area contributed by atoms with Crippen molar-refractivity contribution in [1.29, 1.82) is 0 Å². The van der Waals surface area contributed by atoms with Gasteiger partial charge in [0.1, 0.15) is 17.8 Å². The minimum atomic E-state index is -0.176. The molecule has 0 fully saturated rings.